The predicted octanol–water partition coefficient (Wildman–Crippen LogP) is 16.5. The molecule has 9 aromatic carbocycles. The molecule has 0 fully saturated rings. The zero-order valence-corrected chi connectivity index (χ0v) is 42.2. The molecular formula is C64H58N2O8. The number of hydrogen-bond donors (Lipinski definition) is 0. The lowest BCUT2D eigenvalue weighted by atomic mass is 9.80. The minimum atomic E-state index is -0.428. The number of ether oxygens (including phenoxy) is 4. The molecular weight excluding hydrogens is 925 g/mol. The van der Waals surface area contributed by atoms with E-state index >= 15 is 19.2 Å². The molecule has 0 saturated carbocycles. The molecule has 2 unspecified atom stereocenters. The summed E-state index contributed by atoms with van der Waals surface area (Å²) in [5, 5.41) is 3.82. The SMILES string of the molecule is CCCCC(CC)CN1C(=O)c2cc(Oc3ccccc3)c3c4c(Oc5ccccc5)cc5c6c(cc(Oc7ccccc7)c(c7c(Oc8ccccc8)cc(c2c37)C1=O)c64)C(=O)N(CC(CC)CCCC)C5=O. The molecule has 10 heteroatoms. The Balaban J connectivity index is 1.33. The number of nitrogens with zero attached hydrogens (tertiary/aromatic N) is 2. The summed E-state index contributed by atoms with van der Waals surface area (Å²) in [6.07, 6.45) is 7.26. The van der Waals surface area contributed by atoms with Gasteiger partial charge in [0.2, 0.25) is 0 Å². The highest BCUT2D eigenvalue weighted by atomic mass is 16.5. The molecule has 0 aromatic heterocycles. The Morgan fingerprint density at radius 3 is 0.838 bits per heavy atom. The third kappa shape index (κ3) is 8.51. The molecule has 0 saturated heterocycles. The molecule has 0 spiro atoms. The van der Waals surface area contributed by atoms with Gasteiger partial charge >= 0.3 is 0 Å². The summed E-state index contributed by atoms with van der Waals surface area (Å²) in [4.78, 5) is 64.3. The van der Waals surface area contributed by atoms with Crippen molar-refractivity contribution in [3.05, 3.63) is 168 Å². The van der Waals surface area contributed by atoms with Gasteiger partial charge in [-0.05, 0) is 97.5 Å². The fourth-order valence-electron chi connectivity index (χ4n) is 11.1. The number of rotatable bonds is 20. The van der Waals surface area contributed by atoms with Crippen molar-refractivity contribution in [2.45, 2.75) is 79.1 Å². The lowest BCUT2D eigenvalue weighted by Gasteiger charge is -2.34. The number of carbonyl (C=O) groups excluding carboxylic acids is 4. The summed E-state index contributed by atoms with van der Waals surface area (Å²) < 4.78 is 28.1. The third-order valence-electron chi connectivity index (χ3n) is 14.9. The van der Waals surface area contributed by atoms with Gasteiger partial charge in [0.15, 0.2) is 0 Å². The topological polar surface area (TPSA) is 112 Å². The highest BCUT2D eigenvalue weighted by Crippen LogP contribution is 2.58. The molecule has 2 heterocycles. The number of imide groups is 2. The normalized spacial score (nSPS) is 14.2. The molecule has 0 radical (unpaired) electrons. The van der Waals surface area contributed by atoms with Gasteiger partial charge in [-0.3, -0.25) is 29.0 Å². The second-order valence-electron chi connectivity index (χ2n) is 19.6. The number of hydrogen-bond acceptors (Lipinski definition) is 8. The summed E-state index contributed by atoms with van der Waals surface area (Å²) in [7, 11) is 0. The van der Waals surface area contributed by atoms with Crippen LogP contribution in [0.4, 0.5) is 0 Å². The first-order chi connectivity index (χ1) is 36.2. The van der Waals surface area contributed by atoms with E-state index in [1.165, 1.54) is 9.80 Å². The zero-order valence-electron chi connectivity index (χ0n) is 42.2. The van der Waals surface area contributed by atoms with Crippen molar-refractivity contribution in [3.63, 3.8) is 0 Å². The molecule has 0 N–H and O–H groups in total. The molecule has 11 rings (SSSR count). The van der Waals surface area contributed by atoms with Crippen molar-refractivity contribution in [2.75, 3.05) is 13.1 Å². The fourth-order valence-corrected chi connectivity index (χ4v) is 11.1. The van der Waals surface area contributed by atoms with Crippen molar-refractivity contribution in [3.8, 4) is 46.0 Å². The van der Waals surface area contributed by atoms with Gasteiger partial charge in [0.1, 0.15) is 46.0 Å². The Bertz CT molecular complexity index is 3150. The first kappa shape index (κ1) is 48.1. The number of benzene rings is 9. The van der Waals surface area contributed by atoms with Crippen LogP contribution in [0.5, 0.6) is 46.0 Å². The fraction of sp³-hybridized carbons (Fsp3) is 0.250. The van der Waals surface area contributed by atoms with Crippen LogP contribution in [0, 0.1) is 11.8 Å². The van der Waals surface area contributed by atoms with Crippen molar-refractivity contribution in [2.24, 2.45) is 11.8 Å². The molecule has 9 aromatic rings. The summed E-state index contributed by atoms with van der Waals surface area (Å²) in [6, 6.07) is 44.3. The van der Waals surface area contributed by atoms with Crippen molar-refractivity contribution in [1.29, 1.82) is 0 Å². The number of unbranched alkanes of at least 4 members (excludes halogenated alkanes) is 2. The van der Waals surface area contributed by atoms with Crippen LogP contribution in [0.1, 0.15) is 120 Å². The Morgan fingerprint density at radius 1 is 0.351 bits per heavy atom. The van der Waals surface area contributed by atoms with E-state index in [1.807, 2.05) is 121 Å². The average Bonchev–Trinajstić information content (AvgIpc) is 3.44. The maximum Gasteiger partial charge on any atom is 0.261 e. The maximum atomic E-state index is 15.4. The minimum absolute atomic E-state index is 0.0877. The number of carbonyl (C=O) groups is 4. The first-order valence-electron chi connectivity index (χ1n) is 26.2. The molecule has 74 heavy (non-hydrogen) atoms. The molecule has 10 nitrogen and oxygen atoms in total. The van der Waals surface area contributed by atoms with E-state index in [9.17, 15) is 0 Å². The maximum absolute atomic E-state index is 15.4. The monoisotopic (exact) mass is 982 g/mol. The van der Waals surface area contributed by atoms with Crippen molar-refractivity contribution < 1.29 is 38.1 Å². The molecule has 372 valence electrons. The smallest absolute Gasteiger partial charge is 0.261 e. The lowest BCUT2D eigenvalue weighted by molar-refractivity contribution is 0.0565. The Hall–Kier alpha value is -8.24. The van der Waals surface area contributed by atoms with Gasteiger partial charge < -0.3 is 18.9 Å². The van der Waals surface area contributed by atoms with Gasteiger partial charge in [-0.1, -0.05) is 139 Å². The van der Waals surface area contributed by atoms with Crippen LogP contribution in [0.3, 0.4) is 0 Å². The van der Waals surface area contributed by atoms with Crippen LogP contribution in [0.2, 0.25) is 0 Å². The molecule has 4 amide bonds. The largest absolute Gasteiger partial charge is 0.457 e. The van der Waals surface area contributed by atoms with Crippen LogP contribution in [-0.2, 0) is 0 Å². The van der Waals surface area contributed by atoms with Crippen LogP contribution in [0.15, 0.2) is 146 Å². The van der Waals surface area contributed by atoms with E-state index in [-0.39, 0.29) is 24.9 Å². The molecule has 2 aliphatic rings. The van der Waals surface area contributed by atoms with Gasteiger partial charge in [-0.2, -0.15) is 0 Å². The van der Waals surface area contributed by atoms with Gasteiger partial charge in [0, 0.05) is 56.2 Å². The zero-order chi connectivity index (χ0) is 51.0. The standard InChI is InChI=1S/C64H58N2O8/c1-5-9-23-39(7-3)37-65-61(67)45-33-49(71-41-25-15-11-16-26-41)55-57-51(73-43-29-19-13-20-30-43)35-47-54-48(64(70)66(63(47)69)38-40(8-4)24-10-6-2)36-52(74-44-31-21-14-22-32-44)58(60(54)57)56-50(72-42-27-17-12-18-28-42)34-46(62(65)68)53(45)59(55)56/h11-22,25-36,39-40H,5-10,23-24,37-38H2,1-4H3. The van der Waals surface area contributed by atoms with Gasteiger partial charge in [0.25, 0.3) is 23.6 Å². The van der Waals surface area contributed by atoms with Crippen LogP contribution in [0.25, 0.3) is 43.1 Å². The van der Waals surface area contributed by atoms with E-state index in [0.29, 0.717) is 111 Å². The van der Waals surface area contributed by atoms with Crippen molar-refractivity contribution in [1.82, 2.24) is 9.80 Å². The lowest BCUT2D eigenvalue weighted by Crippen LogP contribution is -2.43. The van der Waals surface area contributed by atoms with E-state index in [2.05, 4.69) is 27.7 Å². The minimum Gasteiger partial charge on any atom is -0.457 e. The molecule has 0 aliphatic carbocycles. The molecule has 2 atom stereocenters. The van der Waals surface area contributed by atoms with Gasteiger partial charge in [-0.15, -0.1) is 0 Å². The van der Waals surface area contributed by atoms with Crippen LogP contribution in [-0.4, -0.2) is 46.5 Å². The van der Waals surface area contributed by atoms with Crippen molar-refractivity contribution >= 4 is 66.7 Å². The Morgan fingerprint density at radius 2 is 0.608 bits per heavy atom. The second kappa shape index (κ2) is 20.3. The summed E-state index contributed by atoms with van der Waals surface area (Å²) in [5.74, 6) is 1.66. The summed E-state index contributed by atoms with van der Waals surface area (Å²) >= 11 is 0. The molecule has 0 bridgehead atoms. The van der Waals surface area contributed by atoms with E-state index in [0.717, 1.165) is 51.4 Å². The average molecular weight is 983 g/mol. The second-order valence-corrected chi connectivity index (χ2v) is 19.6. The highest BCUT2D eigenvalue weighted by molar-refractivity contribution is 6.44. The predicted molar refractivity (Wildman–Crippen MR) is 291 cm³/mol. The number of fused-ring (bicyclic) bond motifs is 2. The van der Waals surface area contributed by atoms with Gasteiger partial charge in [0.05, 0.1) is 22.3 Å². The number of para-hydroxylation sites is 4. The van der Waals surface area contributed by atoms with E-state index in [1.54, 1.807) is 24.3 Å². The first-order valence-corrected chi connectivity index (χ1v) is 26.2. The summed E-state index contributed by atoms with van der Waals surface area (Å²) in [6.45, 7) is 8.98. The Labute approximate surface area is 430 Å². The van der Waals surface area contributed by atoms with Crippen LogP contribution >= 0.6 is 0 Å². The Kier molecular flexibility index (Phi) is 13.2. The summed E-state index contributed by atoms with van der Waals surface area (Å²) in [5.41, 5.74) is 1.17. The van der Waals surface area contributed by atoms with Gasteiger partial charge in [-0.25, -0.2) is 0 Å². The quantitative estimate of drug-likeness (QED) is 0.0422. The highest BCUT2D eigenvalue weighted by Gasteiger charge is 2.42. The molecule has 2 aliphatic heterocycles. The van der Waals surface area contributed by atoms with Crippen LogP contribution < -0.4 is 18.9 Å². The third-order valence-corrected chi connectivity index (χ3v) is 14.9. The number of amides is 4. The van der Waals surface area contributed by atoms with E-state index < -0.39 is 23.6 Å². The van der Waals surface area contributed by atoms with E-state index in [4.69, 9.17) is 18.9 Å².